The van der Waals surface area contributed by atoms with Gasteiger partial charge < -0.3 is 5.11 Å². The van der Waals surface area contributed by atoms with Crippen molar-refractivity contribution < 1.29 is 18.3 Å². The predicted molar refractivity (Wildman–Crippen MR) is 96.8 cm³/mol. The molecule has 25 heavy (non-hydrogen) atoms. The number of aryl methyl sites for hydroxylation is 3. The first-order valence-corrected chi connectivity index (χ1v) is 9.82. The molecule has 0 aliphatic heterocycles. The first kappa shape index (κ1) is 17.5. The Kier molecular flexibility index (Phi) is 4.56. The van der Waals surface area contributed by atoms with Crippen LogP contribution >= 0.6 is 0 Å². The summed E-state index contributed by atoms with van der Waals surface area (Å²) in [6.07, 6.45) is 2.90. The highest BCUT2D eigenvalue weighted by Crippen LogP contribution is 2.32. The van der Waals surface area contributed by atoms with Crippen LogP contribution in [0.25, 0.3) is 0 Å². The second-order valence-electron chi connectivity index (χ2n) is 6.34. The van der Waals surface area contributed by atoms with E-state index < -0.39 is 16.0 Å². The van der Waals surface area contributed by atoms with Crippen molar-refractivity contribution in [2.24, 2.45) is 0 Å². The van der Waals surface area contributed by atoms with E-state index in [0.29, 0.717) is 24.9 Å². The fourth-order valence-corrected chi connectivity index (χ4v) is 4.90. The average Bonchev–Trinajstić information content (AvgIpc) is 3.03. The van der Waals surface area contributed by atoms with E-state index in [4.69, 9.17) is 0 Å². The average molecular weight is 359 g/mol. The minimum Gasteiger partial charge on any atom is -0.478 e. The van der Waals surface area contributed by atoms with Crippen molar-refractivity contribution in [2.75, 3.05) is 4.72 Å². The highest BCUT2D eigenvalue weighted by Gasteiger charge is 2.27. The van der Waals surface area contributed by atoms with Crippen molar-refractivity contribution in [2.45, 2.75) is 44.4 Å². The Morgan fingerprint density at radius 3 is 2.68 bits per heavy atom. The normalized spacial score (nSPS) is 13.5. The number of rotatable bonds is 5. The van der Waals surface area contributed by atoms with Crippen molar-refractivity contribution in [3.05, 3.63) is 58.1 Å². The van der Waals surface area contributed by atoms with E-state index in [1.54, 1.807) is 6.07 Å². The first-order valence-electron chi connectivity index (χ1n) is 8.34. The molecule has 0 atom stereocenters. The molecule has 2 N–H and O–H groups in total. The van der Waals surface area contributed by atoms with Gasteiger partial charge in [0.05, 0.1) is 16.1 Å². The molecule has 0 bridgehead atoms. The van der Waals surface area contributed by atoms with Crippen LogP contribution in [0, 0.1) is 6.92 Å². The predicted octanol–water partition coefficient (Wildman–Crippen LogP) is 3.55. The highest BCUT2D eigenvalue weighted by molar-refractivity contribution is 7.92. The number of carboxylic acids is 1. The number of sulfonamides is 1. The molecule has 5 nitrogen and oxygen atoms in total. The number of benzene rings is 2. The van der Waals surface area contributed by atoms with Crippen LogP contribution in [0.4, 0.5) is 5.69 Å². The van der Waals surface area contributed by atoms with Crippen LogP contribution in [-0.4, -0.2) is 19.5 Å². The minimum absolute atomic E-state index is 0.0153. The Balaban J connectivity index is 2.12. The van der Waals surface area contributed by atoms with Crippen LogP contribution in [0.15, 0.2) is 35.2 Å². The van der Waals surface area contributed by atoms with Crippen LogP contribution in [0.2, 0.25) is 0 Å². The molecule has 0 aromatic heterocycles. The second kappa shape index (κ2) is 6.52. The SMILES string of the molecule is CCc1cccc(C)c1NS(=O)(=O)c1cc(C(=O)O)cc2c1CCC2. The van der Waals surface area contributed by atoms with E-state index in [2.05, 4.69) is 4.72 Å². The van der Waals surface area contributed by atoms with E-state index in [-0.39, 0.29) is 10.5 Å². The zero-order valence-corrected chi connectivity index (χ0v) is 15.1. The topological polar surface area (TPSA) is 83.5 Å². The summed E-state index contributed by atoms with van der Waals surface area (Å²) >= 11 is 0. The fraction of sp³-hybridized carbons (Fsp3) is 0.316. The summed E-state index contributed by atoms with van der Waals surface area (Å²) in [6, 6.07) is 8.51. The summed E-state index contributed by atoms with van der Waals surface area (Å²) in [7, 11) is -3.86. The summed E-state index contributed by atoms with van der Waals surface area (Å²) in [5.74, 6) is -1.11. The van der Waals surface area contributed by atoms with Gasteiger partial charge in [-0.3, -0.25) is 4.72 Å². The lowest BCUT2D eigenvalue weighted by atomic mass is 10.1. The minimum atomic E-state index is -3.86. The number of nitrogens with one attached hydrogen (secondary N) is 1. The molecule has 2 aromatic carbocycles. The van der Waals surface area contributed by atoms with Gasteiger partial charge in [0.15, 0.2) is 0 Å². The molecule has 3 rings (SSSR count). The third-order valence-corrected chi connectivity index (χ3v) is 6.10. The summed E-state index contributed by atoms with van der Waals surface area (Å²) in [6.45, 7) is 3.82. The van der Waals surface area contributed by atoms with Gasteiger partial charge in [-0.1, -0.05) is 25.1 Å². The summed E-state index contributed by atoms with van der Waals surface area (Å²) in [4.78, 5) is 11.5. The van der Waals surface area contributed by atoms with E-state index >= 15 is 0 Å². The maximum Gasteiger partial charge on any atom is 0.335 e. The van der Waals surface area contributed by atoms with Gasteiger partial charge in [-0.15, -0.1) is 0 Å². The molecule has 6 heteroatoms. The van der Waals surface area contributed by atoms with Crippen molar-refractivity contribution in [3.8, 4) is 0 Å². The first-order chi connectivity index (χ1) is 11.8. The molecule has 1 aliphatic carbocycles. The molecule has 0 saturated heterocycles. The Morgan fingerprint density at radius 1 is 1.24 bits per heavy atom. The van der Waals surface area contributed by atoms with Crippen molar-refractivity contribution in [1.82, 2.24) is 0 Å². The molecular formula is C19H21NO4S. The second-order valence-corrected chi connectivity index (χ2v) is 7.99. The van der Waals surface area contributed by atoms with Crippen LogP contribution in [-0.2, 0) is 29.3 Å². The van der Waals surface area contributed by atoms with Gasteiger partial charge in [-0.05, 0) is 67.0 Å². The van der Waals surface area contributed by atoms with Gasteiger partial charge in [0, 0.05) is 0 Å². The molecular weight excluding hydrogens is 338 g/mol. The van der Waals surface area contributed by atoms with Gasteiger partial charge >= 0.3 is 5.97 Å². The van der Waals surface area contributed by atoms with Gasteiger partial charge in [-0.25, -0.2) is 13.2 Å². The van der Waals surface area contributed by atoms with Crippen LogP contribution in [0.1, 0.15) is 46.0 Å². The van der Waals surface area contributed by atoms with E-state index in [9.17, 15) is 18.3 Å². The van der Waals surface area contributed by atoms with Gasteiger partial charge in [0.1, 0.15) is 0 Å². The third kappa shape index (κ3) is 3.26. The van der Waals surface area contributed by atoms with Crippen LogP contribution < -0.4 is 4.72 Å². The number of hydrogen-bond acceptors (Lipinski definition) is 3. The van der Waals surface area contributed by atoms with Crippen LogP contribution in [0.5, 0.6) is 0 Å². The van der Waals surface area contributed by atoms with E-state index in [0.717, 1.165) is 28.7 Å². The van der Waals surface area contributed by atoms with Crippen molar-refractivity contribution in [1.29, 1.82) is 0 Å². The number of para-hydroxylation sites is 1. The van der Waals surface area contributed by atoms with Crippen molar-refractivity contribution >= 4 is 21.7 Å². The van der Waals surface area contributed by atoms with Crippen molar-refractivity contribution in [3.63, 3.8) is 0 Å². The van der Waals surface area contributed by atoms with E-state index in [1.165, 1.54) is 6.07 Å². The summed E-state index contributed by atoms with van der Waals surface area (Å²) in [5, 5.41) is 9.31. The Morgan fingerprint density at radius 2 is 2.00 bits per heavy atom. The molecule has 0 radical (unpaired) electrons. The molecule has 0 amide bonds. The maximum atomic E-state index is 13.1. The fourth-order valence-electron chi connectivity index (χ4n) is 3.39. The lowest BCUT2D eigenvalue weighted by molar-refractivity contribution is 0.0696. The highest BCUT2D eigenvalue weighted by atomic mass is 32.2. The maximum absolute atomic E-state index is 13.1. The number of hydrogen-bond donors (Lipinski definition) is 2. The Bertz CT molecular complexity index is 948. The molecule has 132 valence electrons. The summed E-state index contributed by atoms with van der Waals surface area (Å²) < 4.78 is 28.8. The van der Waals surface area contributed by atoms with Crippen LogP contribution in [0.3, 0.4) is 0 Å². The number of fused-ring (bicyclic) bond motifs is 1. The quantitative estimate of drug-likeness (QED) is 0.855. The zero-order valence-electron chi connectivity index (χ0n) is 14.3. The molecule has 0 spiro atoms. The molecule has 1 aliphatic rings. The monoisotopic (exact) mass is 359 g/mol. The summed E-state index contributed by atoms with van der Waals surface area (Å²) in [5.41, 5.74) is 3.91. The molecule has 2 aromatic rings. The van der Waals surface area contributed by atoms with Gasteiger partial charge in [0.25, 0.3) is 10.0 Å². The largest absolute Gasteiger partial charge is 0.478 e. The number of carbonyl (C=O) groups is 1. The Labute approximate surface area is 147 Å². The van der Waals surface area contributed by atoms with Gasteiger partial charge in [-0.2, -0.15) is 0 Å². The number of aromatic carboxylic acids is 1. The molecule has 0 heterocycles. The lowest BCUT2D eigenvalue weighted by Gasteiger charge is -2.17. The zero-order chi connectivity index (χ0) is 18.2. The number of anilines is 1. The smallest absolute Gasteiger partial charge is 0.335 e. The standard InChI is InChI=1S/C19H21NO4S/c1-3-13-7-4-6-12(2)18(13)20-25(23,24)17-11-15(19(21)22)10-14-8-5-9-16(14)17/h4,6-7,10-11,20H,3,5,8-9H2,1-2H3,(H,21,22). The number of carboxylic acid groups (broad SMARTS) is 1. The lowest BCUT2D eigenvalue weighted by Crippen LogP contribution is -2.18. The Hall–Kier alpha value is -2.34. The third-order valence-electron chi connectivity index (χ3n) is 4.69. The van der Waals surface area contributed by atoms with Gasteiger partial charge in [0.2, 0.25) is 0 Å². The van der Waals surface area contributed by atoms with E-state index in [1.807, 2.05) is 32.0 Å². The molecule has 0 saturated carbocycles. The molecule has 0 unspecified atom stereocenters. The molecule has 0 fully saturated rings.